The fourth-order valence-electron chi connectivity index (χ4n) is 2.25. The van der Waals surface area contributed by atoms with E-state index in [0.717, 1.165) is 30.9 Å². The van der Waals surface area contributed by atoms with Crippen molar-refractivity contribution in [2.45, 2.75) is 13.8 Å². The van der Waals surface area contributed by atoms with E-state index >= 15 is 0 Å². The van der Waals surface area contributed by atoms with Crippen LogP contribution in [0.15, 0.2) is 40.6 Å². The lowest BCUT2D eigenvalue weighted by atomic mass is 10.2. The number of anilines is 1. The molecule has 132 valence electrons. The normalized spacial score (nSPS) is 11.0. The SMILES string of the molecule is CCN(CC)c1ccc(N=Nc2cc(Cl)c([N+](=O)[O-])cc2O)c(O)c1. The molecule has 0 saturated heterocycles. The van der Waals surface area contributed by atoms with Gasteiger partial charge in [-0.2, -0.15) is 0 Å². The Hall–Kier alpha value is -2.87. The molecular formula is C16H17ClN4O4. The van der Waals surface area contributed by atoms with Crippen molar-refractivity contribution in [1.29, 1.82) is 0 Å². The summed E-state index contributed by atoms with van der Waals surface area (Å²) in [5.74, 6) is -0.500. The number of nitrogens with zero attached hydrogens (tertiary/aromatic N) is 4. The molecule has 2 aromatic rings. The first kappa shape index (κ1) is 18.5. The number of azo groups is 1. The highest BCUT2D eigenvalue weighted by Gasteiger charge is 2.16. The molecule has 0 aliphatic carbocycles. The quantitative estimate of drug-likeness (QED) is 0.429. The van der Waals surface area contributed by atoms with Gasteiger partial charge in [-0.3, -0.25) is 10.1 Å². The molecule has 0 aliphatic heterocycles. The molecule has 0 heterocycles. The molecule has 2 rings (SSSR count). The van der Waals surface area contributed by atoms with Crippen LogP contribution >= 0.6 is 11.6 Å². The summed E-state index contributed by atoms with van der Waals surface area (Å²) in [5.41, 5.74) is 0.583. The summed E-state index contributed by atoms with van der Waals surface area (Å²) in [6.45, 7) is 5.61. The first-order valence-electron chi connectivity index (χ1n) is 7.54. The maximum absolute atomic E-state index is 10.8. The fraction of sp³-hybridized carbons (Fsp3) is 0.250. The van der Waals surface area contributed by atoms with E-state index in [0.29, 0.717) is 0 Å². The molecule has 0 bridgehead atoms. The fourth-order valence-corrected chi connectivity index (χ4v) is 2.48. The third kappa shape index (κ3) is 4.16. The third-order valence-electron chi connectivity index (χ3n) is 3.59. The van der Waals surface area contributed by atoms with E-state index in [2.05, 4.69) is 15.1 Å². The van der Waals surface area contributed by atoms with E-state index in [4.69, 9.17) is 11.6 Å². The summed E-state index contributed by atoms with van der Waals surface area (Å²) in [6.07, 6.45) is 0. The minimum atomic E-state index is -0.708. The van der Waals surface area contributed by atoms with Gasteiger partial charge >= 0.3 is 0 Å². The number of halogens is 1. The third-order valence-corrected chi connectivity index (χ3v) is 3.90. The van der Waals surface area contributed by atoms with Crippen LogP contribution in [0.2, 0.25) is 5.02 Å². The molecule has 9 heteroatoms. The molecule has 2 N–H and O–H groups in total. The zero-order valence-electron chi connectivity index (χ0n) is 13.7. The standard InChI is InChI=1S/C16H17ClN4O4/c1-3-20(4-2)10-5-6-12(15(22)7-10)18-19-13-8-11(17)14(21(24)25)9-16(13)23/h5-9,22-23H,3-4H2,1-2H3. The minimum Gasteiger partial charge on any atom is -0.506 e. The van der Waals surface area contributed by atoms with E-state index in [1.54, 1.807) is 18.2 Å². The molecule has 0 saturated carbocycles. The van der Waals surface area contributed by atoms with E-state index in [-0.39, 0.29) is 22.1 Å². The summed E-state index contributed by atoms with van der Waals surface area (Å²) in [7, 11) is 0. The second kappa shape index (κ2) is 7.80. The number of nitro benzene ring substituents is 1. The Kier molecular flexibility index (Phi) is 5.76. The number of rotatable bonds is 6. The Morgan fingerprint density at radius 3 is 2.24 bits per heavy atom. The van der Waals surface area contributed by atoms with Crippen LogP contribution in [0, 0.1) is 10.1 Å². The Labute approximate surface area is 149 Å². The molecule has 0 spiro atoms. The molecule has 0 fully saturated rings. The summed E-state index contributed by atoms with van der Waals surface area (Å²) in [6, 6.07) is 7.00. The van der Waals surface area contributed by atoms with E-state index in [1.165, 1.54) is 0 Å². The zero-order chi connectivity index (χ0) is 18.6. The van der Waals surface area contributed by atoms with Gasteiger partial charge in [0.15, 0.2) is 0 Å². The first-order valence-corrected chi connectivity index (χ1v) is 7.91. The van der Waals surface area contributed by atoms with Gasteiger partial charge in [0.1, 0.15) is 27.9 Å². The summed E-state index contributed by atoms with van der Waals surface area (Å²) < 4.78 is 0. The topological polar surface area (TPSA) is 112 Å². The van der Waals surface area contributed by atoms with Crippen molar-refractivity contribution in [1.82, 2.24) is 0 Å². The van der Waals surface area contributed by atoms with Gasteiger partial charge in [0.2, 0.25) is 0 Å². The molecular weight excluding hydrogens is 348 g/mol. The van der Waals surface area contributed by atoms with Crippen LogP contribution in [-0.4, -0.2) is 28.2 Å². The van der Waals surface area contributed by atoms with Gasteiger partial charge < -0.3 is 15.1 Å². The Morgan fingerprint density at radius 2 is 1.68 bits per heavy atom. The predicted molar refractivity (Wildman–Crippen MR) is 95.6 cm³/mol. The summed E-state index contributed by atoms with van der Waals surface area (Å²) >= 11 is 5.79. The van der Waals surface area contributed by atoms with Crippen LogP contribution < -0.4 is 4.90 Å². The van der Waals surface area contributed by atoms with Crippen LogP contribution in [0.1, 0.15) is 13.8 Å². The number of hydrogen-bond donors (Lipinski definition) is 2. The second-order valence-corrected chi connectivity index (χ2v) is 5.50. The van der Waals surface area contributed by atoms with Crippen molar-refractivity contribution >= 4 is 34.4 Å². The second-order valence-electron chi connectivity index (χ2n) is 5.09. The molecule has 25 heavy (non-hydrogen) atoms. The van der Waals surface area contributed by atoms with Crippen LogP contribution in [0.4, 0.5) is 22.7 Å². The highest BCUT2D eigenvalue weighted by atomic mass is 35.5. The molecule has 0 atom stereocenters. The average molecular weight is 365 g/mol. The number of phenols is 2. The van der Waals surface area contributed by atoms with Gasteiger partial charge in [-0.05, 0) is 32.0 Å². The first-order chi connectivity index (χ1) is 11.9. The van der Waals surface area contributed by atoms with Gasteiger partial charge in [-0.15, -0.1) is 10.2 Å². The highest BCUT2D eigenvalue weighted by molar-refractivity contribution is 6.33. The van der Waals surface area contributed by atoms with Gasteiger partial charge in [-0.25, -0.2) is 0 Å². The van der Waals surface area contributed by atoms with Gasteiger partial charge in [0.25, 0.3) is 5.69 Å². The monoisotopic (exact) mass is 364 g/mol. The van der Waals surface area contributed by atoms with Crippen molar-refractivity contribution in [3.8, 4) is 11.5 Å². The van der Waals surface area contributed by atoms with Crippen molar-refractivity contribution in [2.24, 2.45) is 10.2 Å². The lowest BCUT2D eigenvalue weighted by Crippen LogP contribution is -2.21. The minimum absolute atomic E-state index is 0.0391. The Balaban J connectivity index is 2.31. The average Bonchev–Trinajstić information content (AvgIpc) is 2.57. The van der Waals surface area contributed by atoms with Gasteiger partial charge in [0, 0.05) is 24.8 Å². The number of aromatic hydroxyl groups is 2. The van der Waals surface area contributed by atoms with Crippen LogP contribution in [0.5, 0.6) is 11.5 Å². The van der Waals surface area contributed by atoms with Crippen LogP contribution in [0.25, 0.3) is 0 Å². The number of phenolic OH excluding ortho intramolecular Hbond substituents is 2. The van der Waals surface area contributed by atoms with E-state index in [9.17, 15) is 20.3 Å². The smallest absolute Gasteiger partial charge is 0.291 e. The largest absolute Gasteiger partial charge is 0.506 e. The van der Waals surface area contributed by atoms with Gasteiger partial charge in [0.05, 0.1) is 11.0 Å². The molecule has 0 aromatic heterocycles. The molecule has 0 amide bonds. The summed E-state index contributed by atoms with van der Waals surface area (Å²) in [4.78, 5) is 12.1. The number of benzene rings is 2. The van der Waals surface area contributed by atoms with Crippen molar-refractivity contribution in [3.63, 3.8) is 0 Å². The zero-order valence-corrected chi connectivity index (χ0v) is 14.4. The molecule has 0 aliphatic rings. The number of nitro groups is 1. The molecule has 0 unspecified atom stereocenters. The molecule has 8 nitrogen and oxygen atoms in total. The highest BCUT2D eigenvalue weighted by Crippen LogP contribution is 2.38. The lowest BCUT2D eigenvalue weighted by Gasteiger charge is -2.21. The maximum atomic E-state index is 10.8. The summed E-state index contributed by atoms with van der Waals surface area (Å²) in [5, 5.41) is 38.2. The predicted octanol–water partition coefficient (Wildman–Crippen LogP) is 4.92. The molecule has 2 aromatic carbocycles. The van der Waals surface area contributed by atoms with Crippen molar-refractivity contribution in [3.05, 3.63) is 45.5 Å². The van der Waals surface area contributed by atoms with Crippen molar-refractivity contribution in [2.75, 3.05) is 18.0 Å². The van der Waals surface area contributed by atoms with E-state index < -0.39 is 16.4 Å². The number of hydrogen-bond acceptors (Lipinski definition) is 7. The van der Waals surface area contributed by atoms with Gasteiger partial charge in [-0.1, -0.05) is 11.6 Å². The van der Waals surface area contributed by atoms with Crippen molar-refractivity contribution < 1.29 is 15.1 Å². The van der Waals surface area contributed by atoms with Crippen LogP contribution in [-0.2, 0) is 0 Å². The molecule has 0 radical (unpaired) electrons. The Bertz CT molecular complexity index is 822. The Morgan fingerprint density at radius 1 is 1.08 bits per heavy atom. The van der Waals surface area contributed by atoms with Crippen LogP contribution in [0.3, 0.4) is 0 Å². The maximum Gasteiger partial charge on any atom is 0.291 e. The lowest BCUT2D eigenvalue weighted by molar-refractivity contribution is -0.384. The van der Waals surface area contributed by atoms with E-state index in [1.807, 2.05) is 13.8 Å².